The Balaban J connectivity index is 4.12. The van der Waals surface area contributed by atoms with Crippen molar-refractivity contribution in [3.8, 4) is 0 Å². The average Bonchev–Trinajstić information content (AvgIpc) is 2.23. The maximum absolute atomic E-state index is 4.17. The van der Waals surface area contributed by atoms with E-state index in [1.807, 2.05) is 6.21 Å². The molecule has 0 aromatic rings. The summed E-state index contributed by atoms with van der Waals surface area (Å²) < 4.78 is 2.56. The minimum atomic E-state index is -1.14. The predicted octanol–water partition coefficient (Wildman–Crippen LogP) is 2.94. The molecule has 0 N–H and O–H groups in total. The SMILES string of the molecule is CCN=C/C=C\[N](CC)[Ga]([CH2]C)[CH2]C. The van der Waals surface area contributed by atoms with Gasteiger partial charge in [0.2, 0.25) is 0 Å². The first kappa shape index (κ1) is 13.8. The molecule has 0 aromatic carbocycles. The molecule has 0 rings (SSSR count). The predicted molar refractivity (Wildman–Crippen MR) is 67.3 cm³/mol. The number of aliphatic imine (C=N–C) groups is 1. The van der Waals surface area contributed by atoms with Gasteiger partial charge in [0.25, 0.3) is 0 Å². The third kappa shape index (κ3) is 5.55. The zero-order valence-corrected chi connectivity index (χ0v) is 12.5. The van der Waals surface area contributed by atoms with Gasteiger partial charge >= 0.3 is 94.3 Å². The second-order valence-electron chi connectivity index (χ2n) is 3.29. The second kappa shape index (κ2) is 9.40. The first-order chi connectivity index (χ1) is 6.79. The normalized spacial score (nSPS) is 11.4. The van der Waals surface area contributed by atoms with E-state index < -0.39 is 16.5 Å². The third-order valence-electron chi connectivity index (χ3n) is 2.43. The Morgan fingerprint density at radius 3 is 2.21 bits per heavy atom. The molecule has 0 atom stereocenters. The summed E-state index contributed by atoms with van der Waals surface area (Å²) in [5.74, 6) is 0. The molecule has 2 nitrogen and oxygen atoms in total. The first-order valence-corrected chi connectivity index (χ1v) is 10.2. The minimum absolute atomic E-state index is 0.878. The fraction of sp³-hybridized carbons (Fsp3) is 0.727. The van der Waals surface area contributed by atoms with Crippen molar-refractivity contribution in [1.82, 2.24) is 3.61 Å². The van der Waals surface area contributed by atoms with Crippen LogP contribution in [0.1, 0.15) is 27.7 Å². The summed E-state index contributed by atoms with van der Waals surface area (Å²) in [6.45, 7) is 11.0. The van der Waals surface area contributed by atoms with Crippen LogP contribution in [-0.4, -0.2) is 39.4 Å². The van der Waals surface area contributed by atoms with Crippen molar-refractivity contribution >= 4 is 22.7 Å². The van der Waals surface area contributed by atoms with Gasteiger partial charge in [0, 0.05) is 0 Å². The molecular weight excluding hydrogens is 230 g/mol. The molecule has 0 saturated heterocycles. The monoisotopic (exact) mass is 252 g/mol. The quantitative estimate of drug-likeness (QED) is 0.503. The van der Waals surface area contributed by atoms with Crippen molar-refractivity contribution in [3.63, 3.8) is 0 Å². The molecule has 0 fully saturated rings. The van der Waals surface area contributed by atoms with Crippen LogP contribution >= 0.6 is 0 Å². The van der Waals surface area contributed by atoms with E-state index >= 15 is 0 Å². The van der Waals surface area contributed by atoms with E-state index in [4.69, 9.17) is 0 Å². The van der Waals surface area contributed by atoms with Crippen LogP contribution in [0.25, 0.3) is 0 Å². The topological polar surface area (TPSA) is 15.6 Å². The summed E-state index contributed by atoms with van der Waals surface area (Å²) in [6.07, 6.45) is 6.22. The van der Waals surface area contributed by atoms with Crippen LogP contribution in [-0.2, 0) is 0 Å². The van der Waals surface area contributed by atoms with E-state index in [1.165, 1.54) is 9.95 Å². The Morgan fingerprint density at radius 2 is 1.79 bits per heavy atom. The molecular formula is C11H23GaN2. The Labute approximate surface area is 94.4 Å². The van der Waals surface area contributed by atoms with E-state index in [2.05, 4.69) is 48.6 Å². The molecule has 0 heterocycles. The number of allylic oxidation sites excluding steroid dienone is 1. The third-order valence-corrected chi connectivity index (χ3v) is 9.48. The van der Waals surface area contributed by atoms with Gasteiger partial charge in [-0.3, -0.25) is 0 Å². The molecule has 0 saturated carbocycles. The van der Waals surface area contributed by atoms with Crippen LogP contribution in [0.2, 0.25) is 9.95 Å². The van der Waals surface area contributed by atoms with Crippen LogP contribution in [0.4, 0.5) is 0 Å². The molecule has 0 aromatic heterocycles. The fourth-order valence-electron chi connectivity index (χ4n) is 1.56. The van der Waals surface area contributed by atoms with Crippen molar-refractivity contribution in [2.45, 2.75) is 37.6 Å². The first-order valence-electron chi connectivity index (χ1n) is 5.72. The molecule has 0 radical (unpaired) electrons. The Kier molecular flexibility index (Phi) is 9.30. The van der Waals surface area contributed by atoms with Crippen molar-refractivity contribution in [1.29, 1.82) is 0 Å². The van der Waals surface area contributed by atoms with Crippen LogP contribution in [0.3, 0.4) is 0 Å². The van der Waals surface area contributed by atoms with Crippen molar-refractivity contribution in [3.05, 3.63) is 12.3 Å². The molecule has 0 aliphatic carbocycles. The van der Waals surface area contributed by atoms with Gasteiger partial charge in [0.15, 0.2) is 0 Å². The fourth-order valence-corrected chi connectivity index (χ4v) is 6.54. The molecule has 0 unspecified atom stereocenters. The van der Waals surface area contributed by atoms with Crippen molar-refractivity contribution in [2.75, 3.05) is 13.1 Å². The van der Waals surface area contributed by atoms with Crippen LogP contribution in [0, 0.1) is 0 Å². The summed E-state index contributed by atoms with van der Waals surface area (Å²) >= 11 is -1.14. The van der Waals surface area contributed by atoms with Gasteiger partial charge in [-0.15, -0.1) is 0 Å². The van der Waals surface area contributed by atoms with E-state index in [0.29, 0.717) is 0 Å². The zero-order valence-electron chi connectivity index (χ0n) is 10.0. The Morgan fingerprint density at radius 1 is 1.14 bits per heavy atom. The van der Waals surface area contributed by atoms with E-state index in [1.54, 1.807) is 0 Å². The molecule has 14 heavy (non-hydrogen) atoms. The van der Waals surface area contributed by atoms with Gasteiger partial charge in [-0.2, -0.15) is 0 Å². The molecule has 80 valence electrons. The molecule has 3 heteroatoms. The summed E-state index contributed by atoms with van der Waals surface area (Å²) in [5.41, 5.74) is 0. The molecule has 0 bridgehead atoms. The van der Waals surface area contributed by atoms with Crippen LogP contribution in [0.5, 0.6) is 0 Å². The molecule has 0 spiro atoms. The van der Waals surface area contributed by atoms with Gasteiger partial charge in [0.05, 0.1) is 0 Å². The summed E-state index contributed by atoms with van der Waals surface area (Å²) in [6, 6.07) is 0. The summed E-state index contributed by atoms with van der Waals surface area (Å²) in [5, 5.41) is 0. The Bertz CT molecular complexity index is 174. The standard InChI is InChI=1S/C7H13N2.2C2H5.Ga/c1-3-8-6-5-7-9-4-2;2*1-2;/h5-7H,3-4H2,1-2H3;2*1H2,2H3;/q-1;;;+1/b6-5-,9-7?;;;. The number of nitrogens with zero attached hydrogens (tertiary/aromatic N) is 2. The summed E-state index contributed by atoms with van der Waals surface area (Å²) in [4.78, 5) is 6.96. The summed E-state index contributed by atoms with van der Waals surface area (Å²) in [7, 11) is 0. The van der Waals surface area contributed by atoms with Crippen LogP contribution in [0.15, 0.2) is 17.3 Å². The van der Waals surface area contributed by atoms with E-state index in [-0.39, 0.29) is 0 Å². The van der Waals surface area contributed by atoms with Gasteiger partial charge < -0.3 is 0 Å². The van der Waals surface area contributed by atoms with Gasteiger partial charge in [-0.25, -0.2) is 0 Å². The Hall–Kier alpha value is -0.154. The van der Waals surface area contributed by atoms with Gasteiger partial charge in [0.1, 0.15) is 0 Å². The molecule has 0 aliphatic rings. The molecule has 0 amide bonds. The average molecular weight is 253 g/mol. The van der Waals surface area contributed by atoms with E-state index in [0.717, 1.165) is 13.1 Å². The number of rotatable bonds is 7. The van der Waals surface area contributed by atoms with Crippen molar-refractivity contribution in [2.24, 2.45) is 4.99 Å². The van der Waals surface area contributed by atoms with Crippen LogP contribution < -0.4 is 0 Å². The van der Waals surface area contributed by atoms with E-state index in [9.17, 15) is 0 Å². The van der Waals surface area contributed by atoms with Gasteiger partial charge in [-0.1, -0.05) is 0 Å². The molecule has 0 aliphatic heterocycles. The van der Waals surface area contributed by atoms with Gasteiger partial charge in [-0.05, 0) is 0 Å². The number of hydrogen-bond acceptors (Lipinski definition) is 2. The van der Waals surface area contributed by atoms with Crippen molar-refractivity contribution < 1.29 is 0 Å². The zero-order chi connectivity index (χ0) is 10.8. The number of hydrogen-bond donors (Lipinski definition) is 0. The maximum atomic E-state index is 4.17. The second-order valence-corrected chi connectivity index (χ2v) is 10.9.